The molecule has 81 heavy (non-hydrogen) atoms. The van der Waals surface area contributed by atoms with Gasteiger partial charge in [0.25, 0.3) is 14.1 Å². The van der Waals surface area contributed by atoms with Crippen molar-refractivity contribution in [1.29, 1.82) is 1.43 Å². The van der Waals surface area contributed by atoms with Gasteiger partial charge < -0.3 is 48.0 Å². The number of H-pyrrole nitrogens is 1. The number of carbonyl (C=O) groups excluding carboxylic acids is 1. The van der Waals surface area contributed by atoms with E-state index in [0.717, 1.165) is 33.8 Å². The van der Waals surface area contributed by atoms with Crippen molar-refractivity contribution in [2.24, 2.45) is 5.92 Å². The summed E-state index contributed by atoms with van der Waals surface area (Å²) in [7, 11) is 2.67. The Labute approximate surface area is 485 Å². The van der Waals surface area contributed by atoms with Crippen molar-refractivity contribution in [2.45, 2.75) is 117 Å². The lowest BCUT2D eigenvalue weighted by molar-refractivity contribution is -0.0673. The lowest BCUT2D eigenvalue weighted by Crippen LogP contribution is -2.42. The van der Waals surface area contributed by atoms with Gasteiger partial charge >= 0.3 is 11.8 Å². The molecule has 3 unspecified atom stereocenters. The number of nitrogens with one attached hydrogen (secondary N) is 2. The van der Waals surface area contributed by atoms with E-state index in [2.05, 4.69) is 105 Å². The van der Waals surface area contributed by atoms with Crippen LogP contribution in [0.3, 0.4) is 0 Å². The third-order valence-corrected chi connectivity index (χ3v) is 15.9. The van der Waals surface area contributed by atoms with Gasteiger partial charge in [-0.2, -0.15) is 0 Å². The summed E-state index contributed by atoms with van der Waals surface area (Å²) in [5, 5.41) is 6.28. The molecular formula is C64H80N5O11P. The van der Waals surface area contributed by atoms with Gasteiger partial charge in [0.15, 0.2) is 6.23 Å². The van der Waals surface area contributed by atoms with E-state index in [4.69, 9.17) is 44.8 Å². The van der Waals surface area contributed by atoms with Crippen molar-refractivity contribution in [3.05, 3.63) is 210 Å². The number of rotatable bonds is 20. The van der Waals surface area contributed by atoms with Gasteiger partial charge in [-0.3, -0.25) is 14.3 Å². The largest absolute Gasteiger partial charge is 0.497 e. The normalized spacial score (nSPS) is 18.0. The molecule has 8 rings (SSSR count). The molecule has 17 heteroatoms. The number of aryl methyl sites for hydroxylation is 1. The van der Waals surface area contributed by atoms with Crippen molar-refractivity contribution in [3.63, 3.8) is 0 Å². The van der Waals surface area contributed by atoms with Crippen LogP contribution in [0.25, 0.3) is 4.85 Å². The number of aromatic nitrogens is 2. The molecule has 16 nitrogen and oxygen atoms in total. The highest BCUT2D eigenvalue weighted by molar-refractivity contribution is 7.44. The zero-order chi connectivity index (χ0) is 62.1. The number of nitrogens with zero attached hydrogens (tertiary/aromatic N) is 3. The number of aliphatic hydroxyl groups excluding tert-OH is 1. The number of benzene rings is 5. The van der Waals surface area contributed by atoms with Gasteiger partial charge in [0.05, 0.1) is 26.9 Å². The van der Waals surface area contributed by atoms with Crippen LogP contribution in [0.4, 0.5) is 4.79 Å². The van der Waals surface area contributed by atoms with Crippen LogP contribution < -0.4 is 26.0 Å². The summed E-state index contributed by atoms with van der Waals surface area (Å²) >= 11 is 0. The maximum absolute atomic E-state index is 13.2. The Morgan fingerprint density at radius 3 is 2.06 bits per heavy atom. The molecule has 5 aromatic carbocycles. The SMILES string of the molecule is COc1ccc(C(c2ccccc2)(c2ccc(OC)cc2)C(C)C)cc1.[2H]C[3H].[2H]C[C@H]1O[C@@H](n2cc(C)c(=O)[nH]c2=O)[C@@H](OCCNC(=O)OC2Cc3ccccc3C#Cc3ccccc32)C1OP(OCC[N+]#[C-])N(C(C)C)C(C)C.[3H]OC. The van der Waals surface area contributed by atoms with E-state index in [0.29, 0.717) is 12.3 Å². The third-order valence-electron chi connectivity index (χ3n) is 13.7. The summed E-state index contributed by atoms with van der Waals surface area (Å²) in [6, 6.07) is 43.0. The minimum atomic E-state index is -1.77. The van der Waals surface area contributed by atoms with Gasteiger partial charge in [-0.1, -0.05) is 124 Å². The number of fused-ring (bicyclic) bond motifs is 2. The Morgan fingerprint density at radius 1 is 0.914 bits per heavy atom. The zero-order valence-electron chi connectivity index (χ0n) is 52.0. The molecule has 3 N–H and O–H groups in total. The molecule has 0 saturated carbocycles. The molecule has 1 aromatic heterocycles. The van der Waals surface area contributed by atoms with E-state index in [9.17, 15) is 14.4 Å². The van der Waals surface area contributed by atoms with Crippen molar-refractivity contribution < 1.29 is 46.7 Å². The van der Waals surface area contributed by atoms with Gasteiger partial charge in [0.2, 0.25) is 7.98 Å². The van der Waals surface area contributed by atoms with E-state index >= 15 is 0 Å². The summed E-state index contributed by atoms with van der Waals surface area (Å²) in [5.41, 5.74) is 6.02. The quantitative estimate of drug-likeness (QED) is 0.0217. The van der Waals surface area contributed by atoms with Crippen LogP contribution in [0.1, 0.15) is 117 Å². The Balaban J connectivity index is 0.000000342. The second-order valence-electron chi connectivity index (χ2n) is 19.8. The predicted molar refractivity (Wildman–Crippen MR) is 319 cm³/mol. The lowest BCUT2D eigenvalue weighted by Gasteiger charge is -2.40. The number of aromatic amines is 1. The van der Waals surface area contributed by atoms with Gasteiger partial charge in [-0.05, 0) is 106 Å². The molecule has 1 amide bonds. The van der Waals surface area contributed by atoms with Crippen LogP contribution in [0.5, 0.6) is 11.5 Å². The zero-order valence-corrected chi connectivity index (χ0v) is 48.9. The molecule has 1 fully saturated rings. The summed E-state index contributed by atoms with van der Waals surface area (Å²) in [4.78, 5) is 44.3. The van der Waals surface area contributed by atoms with Crippen LogP contribution in [0.2, 0.25) is 0 Å². The Morgan fingerprint density at radius 2 is 1.48 bits per heavy atom. The fraction of sp³-hybridized carbons (Fsp3) is 0.406. The molecule has 0 radical (unpaired) electrons. The third kappa shape index (κ3) is 15.9. The van der Waals surface area contributed by atoms with Crippen molar-refractivity contribution in [1.82, 2.24) is 19.5 Å². The second kappa shape index (κ2) is 31.2. The fourth-order valence-electron chi connectivity index (χ4n) is 10.1. The van der Waals surface area contributed by atoms with Crippen molar-refractivity contribution >= 4 is 14.6 Å². The van der Waals surface area contributed by atoms with Gasteiger partial charge in [0, 0.05) is 70.1 Å². The van der Waals surface area contributed by atoms with Crippen LogP contribution >= 0.6 is 8.53 Å². The first-order chi connectivity index (χ1) is 41.0. The number of amides is 1. The highest BCUT2D eigenvalue weighted by atomic mass is 31.2. The summed E-state index contributed by atoms with van der Waals surface area (Å²) in [5.74, 6) is 8.53. The molecule has 1 saturated heterocycles. The van der Waals surface area contributed by atoms with Gasteiger partial charge in [-0.25, -0.2) is 20.8 Å². The van der Waals surface area contributed by atoms with Gasteiger partial charge in [0.1, 0.15) is 36.4 Å². The topological polar surface area (TPSA) is 176 Å². The first-order valence-electron chi connectivity index (χ1n) is 29.2. The summed E-state index contributed by atoms with van der Waals surface area (Å²) in [6.45, 7) is 21.4. The van der Waals surface area contributed by atoms with E-state index in [1.807, 2.05) is 100 Å². The smallest absolute Gasteiger partial charge is 0.407 e. The average molecular weight is 1130 g/mol. The predicted octanol–water partition coefficient (Wildman–Crippen LogP) is 11.2. The standard InChI is InChI=1S/C38H46N5O8P.C24H26O2.CH4O.CH4/c1-24(2)43(25(3)4)52(48-21-18-39-7)51-33-27(6)49-36(42-23-26(5)35(44)41-37(42)45)34(33)47-20-19-40-38(46)50-32-22-30-14-9-8-12-28(30)16-17-29-13-10-11-15-31(29)32;1-18(2)24(19-8-6-5-7-9-19,20-10-14-22(25-3)15-11-20)21-12-16-23(26-4)17-13-21;1-2;/h8-15,23-25,27,32-34,36H,18-22H2,1-6H3,(H,40,46)(H,41,44,45);5-18H,1-4H3;2H,1H3;1H4/t27-,32?,33?,34+,36-,52?;;;/m1.../s1/i6D;;2T;1TD. The molecular weight excluding hydrogens is 1050 g/mol. The van der Waals surface area contributed by atoms with Crippen LogP contribution in [-0.2, 0) is 35.1 Å². The molecule has 1 aliphatic carbocycles. The van der Waals surface area contributed by atoms with Crippen molar-refractivity contribution in [3.8, 4) is 23.3 Å². The second-order valence-corrected chi connectivity index (χ2v) is 21.2. The van der Waals surface area contributed by atoms with Crippen LogP contribution in [-0.4, -0.2) is 105 Å². The molecule has 2 aliphatic rings. The summed E-state index contributed by atoms with van der Waals surface area (Å²) in [6.07, 6.45) is -3.19. The first kappa shape index (κ1) is 58.5. The van der Waals surface area contributed by atoms with Gasteiger partial charge in [-0.15, -0.1) is 0 Å². The minimum absolute atomic E-state index is 0.00555. The molecule has 432 valence electrons. The Bertz CT molecular complexity index is 3170. The number of carbonyl (C=O) groups is 1. The number of methoxy groups -OCH3 is 2. The van der Waals surface area contributed by atoms with E-state index < -0.39 is 56.5 Å². The number of hydrogen-bond acceptors (Lipinski definition) is 12. The van der Waals surface area contributed by atoms with E-state index in [1.165, 1.54) is 34.6 Å². The average Bonchev–Trinajstić information content (AvgIpc) is 1.64. The lowest BCUT2D eigenvalue weighted by atomic mass is 9.63. The molecule has 1 aliphatic heterocycles. The molecule has 6 atom stereocenters. The Hall–Kier alpha value is -7.11. The number of alkyl carbamates (subject to hydrolysis) is 1. The van der Waals surface area contributed by atoms with Crippen molar-refractivity contribution in [2.75, 3.05) is 47.6 Å². The minimum Gasteiger partial charge on any atom is -0.497 e. The molecule has 6 aromatic rings. The highest BCUT2D eigenvalue weighted by Gasteiger charge is 2.48. The van der Waals surface area contributed by atoms with E-state index in [-0.39, 0.29) is 63.6 Å². The number of aliphatic hydroxyl groups is 1. The summed E-state index contributed by atoms with van der Waals surface area (Å²) < 4.78 is 71.2. The Kier molecular flexibility index (Phi) is 22.5. The fourth-order valence-corrected chi connectivity index (χ4v) is 11.9. The maximum atomic E-state index is 13.2. The first-order valence-corrected chi connectivity index (χ1v) is 27.8. The molecule has 0 spiro atoms. The van der Waals surface area contributed by atoms with Crippen LogP contribution in [0.15, 0.2) is 143 Å². The molecule has 0 bridgehead atoms. The highest BCUT2D eigenvalue weighted by Crippen LogP contribution is 2.51. The monoisotopic (exact) mass is 1130 g/mol. The molecule has 2 heterocycles. The number of ether oxygens (including phenoxy) is 5. The number of hydrogen-bond donors (Lipinski definition) is 3. The van der Waals surface area contributed by atoms with E-state index in [1.54, 1.807) is 21.1 Å². The van der Waals surface area contributed by atoms with Crippen LogP contribution in [0, 0.1) is 31.3 Å². The maximum Gasteiger partial charge on any atom is 0.407 e.